The van der Waals surface area contributed by atoms with Gasteiger partial charge in [-0.2, -0.15) is 0 Å². The molecule has 20 heavy (non-hydrogen) atoms. The lowest BCUT2D eigenvalue weighted by atomic mass is 10.2. The van der Waals surface area contributed by atoms with Crippen LogP contribution in [0.3, 0.4) is 0 Å². The summed E-state index contributed by atoms with van der Waals surface area (Å²) in [6, 6.07) is 9.40. The zero-order valence-electron chi connectivity index (χ0n) is 10.7. The van der Waals surface area contributed by atoms with E-state index in [0.717, 1.165) is 12.7 Å². The fourth-order valence-electron chi connectivity index (χ4n) is 1.54. The van der Waals surface area contributed by atoms with E-state index in [1.807, 2.05) is 30.3 Å². The molecule has 6 heteroatoms. The Labute approximate surface area is 119 Å². The lowest BCUT2D eigenvalue weighted by molar-refractivity contribution is -0.151. The number of Topliss-reactive ketones (excluding diaryl/α,β-unsaturated/α-hetero) is 2. The first kappa shape index (κ1) is 14.1. The molecule has 2 rings (SSSR count). The highest BCUT2D eigenvalue weighted by molar-refractivity contribution is 7.17. The van der Waals surface area contributed by atoms with E-state index in [0.29, 0.717) is 9.88 Å². The Bertz CT molecular complexity index is 648. The Morgan fingerprint density at radius 2 is 1.90 bits per heavy atom. The molecule has 102 valence electrons. The van der Waals surface area contributed by atoms with Crippen LogP contribution in [0.5, 0.6) is 0 Å². The van der Waals surface area contributed by atoms with Crippen LogP contribution in [0.4, 0.5) is 0 Å². The number of carbonyl (C=O) groups is 3. The maximum absolute atomic E-state index is 11.9. The van der Waals surface area contributed by atoms with Crippen molar-refractivity contribution >= 4 is 28.9 Å². The predicted molar refractivity (Wildman–Crippen MR) is 73.5 cm³/mol. The van der Waals surface area contributed by atoms with Gasteiger partial charge in [0.05, 0.1) is 18.4 Å². The van der Waals surface area contributed by atoms with Gasteiger partial charge in [0.1, 0.15) is 5.01 Å². The van der Waals surface area contributed by atoms with Crippen molar-refractivity contribution < 1.29 is 19.1 Å². The van der Waals surface area contributed by atoms with E-state index in [1.165, 1.54) is 17.5 Å². The van der Waals surface area contributed by atoms with Gasteiger partial charge in [-0.3, -0.25) is 9.59 Å². The standard InChI is InChI=1S/C14H11NO4S/c1-19-14(18)11(17)7-10(16)12-8-15-13(20-12)9-5-3-2-4-6-9/h2-6,8H,7H2,1H3. The monoisotopic (exact) mass is 289 g/mol. The number of ketones is 2. The number of hydrogen-bond acceptors (Lipinski definition) is 6. The summed E-state index contributed by atoms with van der Waals surface area (Å²) in [4.78, 5) is 38.7. The van der Waals surface area contributed by atoms with E-state index in [-0.39, 0.29) is 0 Å². The third-order valence-corrected chi connectivity index (χ3v) is 3.62. The molecule has 0 aliphatic carbocycles. The molecule has 2 aromatic rings. The van der Waals surface area contributed by atoms with Gasteiger partial charge in [0, 0.05) is 11.8 Å². The Morgan fingerprint density at radius 3 is 2.55 bits per heavy atom. The SMILES string of the molecule is COC(=O)C(=O)CC(=O)c1cnc(-c2ccccc2)s1. The number of methoxy groups -OCH3 is 1. The van der Waals surface area contributed by atoms with Gasteiger partial charge in [0.25, 0.3) is 0 Å². The highest BCUT2D eigenvalue weighted by Crippen LogP contribution is 2.25. The van der Waals surface area contributed by atoms with Crippen LogP contribution in [-0.4, -0.2) is 29.6 Å². The van der Waals surface area contributed by atoms with Crippen molar-refractivity contribution in [3.63, 3.8) is 0 Å². The Kier molecular flexibility index (Phi) is 4.37. The summed E-state index contributed by atoms with van der Waals surface area (Å²) in [6.45, 7) is 0. The van der Waals surface area contributed by atoms with Crippen LogP contribution in [0.15, 0.2) is 36.5 Å². The Balaban J connectivity index is 2.11. The Morgan fingerprint density at radius 1 is 1.20 bits per heavy atom. The normalized spacial score (nSPS) is 10.1. The number of thiazole rings is 1. The van der Waals surface area contributed by atoms with Crippen molar-refractivity contribution in [2.45, 2.75) is 6.42 Å². The molecule has 0 aliphatic heterocycles. The van der Waals surface area contributed by atoms with Crippen LogP contribution in [0.2, 0.25) is 0 Å². The number of ether oxygens (including phenoxy) is 1. The first-order valence-electron chi connectivity index (χ1n) is 5.77. The second kappa shape index (κ2) is 6.21. The molecule has 1 aromatic carbocycles. The topological polar surface area (TPSA) is 73.3 Å². The van der Waals surface area contributed by atoms with E-state index < -0.39 is 24.0 Å². The molecule has 0 bridgehead atoms. The molecule has 0 N–H and O–H groups in total. The third-order valence-electron chi connectivity index (χ3n) is 2.54. The molecule has 1 heterocycles. The van der Waals surface area contributed by atoms with E-state index in [9.17, 15) is 14.4 Å². The average Bonchev–Trinajstić information content (AvgIpc) is 2.97. The molecule has 5 nitrogen and oxygen atoms in total. The molecular weight excluding hydrogens is 278 g/mol. The summed E-state index contributed by atoms with van der Waals surface area (Å²) in [6.07, 6.45) is 0.920. The number of rotatable bonds is 5. The zero-order chi connectivity index (χ0) is 14.5. The van der Waals surface area contributed by atoms with Gasteiger partial charge in [0.15, 0.2) is 5.78 Å². The summed E-state index contributed by atoms with van der Waals surface area (Å²) < 4.78 is 4.27. The molecular formula is C14H11NO4S. The van der Waals surface area contributed by atoms with Crippen LogP contribution in [-0.2, 0) is 14.3 Å². The number of hydrogen-bond donors (Lipinski definition) is 0. The summed E-state index contributed by atoms with van der Waals surface area (Å²) in [7, 11) is 1.10. The van der Waals surface area contributed by atoms with Crippen LogP contribution in [0, 0.1) is 0 Å². The van der Waals surface area contributed by atoms with E-state index in [4.69, 9.17) is 0 Å². The molecule has 0 fully saturated rings. The Hall–Kier alpha value is -2.34. The third kappa shape index (κ3) is 3.16. The van der Waals surface area contributed by atoms with Crippen LogP contribution in [0.1, 0.15) is 16.1 Å². The van der Waals surface area contributed by atoms with Crippen molar-refractivity contribution in [2.24, 2.45) is 0 Å². The summed E-state index contributed by atoms with van der Waals surface area (Å²) in [5, 5.41) is 0.694. The van der Waals surface area contributed by atoms with Gasteiger partial charge in [-0.25, -0.2) is 9.78 Å². The molecule has 0 radical (unpaired) electrons. The second-order valence-corrected chi connectivity index (χ2v) is 4.94. The van der Waals surface area contributed by atoms with Crippen LogP contribution in [0.25, 0.3) is 10.6 Å². The molecule has 0 saturated heterocycles. The first-order chi connectivity index (χ1) is 9.61. The minimum absolute atomic E-state index is 0.348. The lowest BCUT2D eigenvalue weighted by Crippen LogP contribution is -2.18. The fraction of sp³-hybridized carbons (Fsp3) is 0.143. The summed E-state index contributed by atoms with van der Waals surface area (Å²) >= 11 is 1.19. The van der Waals surface area contributed by atoms with Gasteiger partial charge in [-0.15, -0.1) is 11.3 Å². The van der Waals surface area contributed by atoms with Crippen molar-refractivity contribution in [2.75, 3.05) is 7.11 Å². The van der Waals surface area contributed by atoms with E-state index in [2.05, 4.69) is 9.72 Å². The van der Waals surface area contributed by atoms with Crippen LogP contribution >= 0.6 is 11.3 Å². The first-order valence-corrected chi connectivity index (χ1v) is 6.59. The van der Waals surface area contributed by atoms with Gasteiger partial charge >= 0.3 is 5.97 Å². The van der Waals surface area contributed by atoms with Crippen LogP contribution < -0.4 is 0 Å². The smallest absolute Gasteiger partial charge is 0.374 e. The highest BCUT2D eigenvalue weighted by atomic mass is 32.1. The highest BCUT2D eigenvalue weighted by Gasteiger charge is 2.21. The molecule has 0 amide bonds. The summed E-state index contributed by atoms with van der Waals surface area (Å²) in [5.41, 5.74) is 0.899. The number of aromatic nitrogens is 1. The quantitative estimate of drug-likeness (QED) is 0.365. The largest absolute Gasteiger partial charge is 0.463 e. The van der Waals surface area contributed by atoms with Crippen molar-refractivity contribution in [1.82, 2.24) is 4.98 Å². The molecule has 0 spiro atoms. The predicted octanol–water partition coefficient (Wildman–Crippen LogP) is 2.12. The summed E-state index contributed by atoms with van der Waals surface area (Å²) in [5.74, 6) is -2.29. The fourth-order valence-corrected chi connectivity index (χ4v) is 2.40. The van der Waals surface area contributed by atoms with Gasteiger partial charge in [-0.1, -0.05) is 30.3 Å². The lowest BCUT2D eigenvalue weighted by Gasteiger charge is -1.96. The number of nitrogens with zero attached hydrogens (tertiary/aromatic N) is 1. The molecule has 0 unspecified atom stereocenters. The van der Waals surface area contributed by atoms with Crippen molar-refractivity contribution in [3.05, 3.63) is 41.4 Å². The maximum Gasteiger partial charge on any atom is 0.374 e. The average molecular weight is 289 g/mol. The minimum atomic E-state index is -1.01. The van der Waals surface area contributed by atoms with E-state index in [1.54, 1.807) is 0 Å². The molecule has 0 saturated carbocycles. The zero-order valence-corrected chi connectivity index (χ0v) is 11.5. The van der Waals surface area contributed by atoms with Gasteiger partial charge in [-0.05, 0) is 0 Å². The van der Waals surface area contributed by atoms with Crippen molar-refractivity contribution in [1.29, 1.82) is 0 Å². The van der Waals surface area contributed by atoms with Gasteiger partial charge < -0.3 is 4.74 Å². The van der Waals surface area contributed by atoms with E-state index >= 15 is 0 Å². The molecule has 0 aliphatic rings. The van der Waals surface area contributed by atoms with Gasteiger partial charge in [0.2, 0.25) is 5.78 Å². The van der Waals surface area contributed by atoms with Crippen molar-refractivity contribution in [3.8, 4) is 10.6 Å². The maximum atomic E-state index is 11.9. The number of carbonyl (C=O) groups excluding carboxylic acids is 3. The number of esters is 1. The second-order valence-electron chi connectivity index (χ2n) is 3.91. The number of benzene rings is 1. The minimum Gasteiger partial charge on any atom is -0.463 e. The molecule has 1 aromatic heterocycles. The molecule has 0 atom stereocenters.